The van der Waals surface area contributed by atoms with Crippen molar-refractivity contribution >= 4 is 15.9 Å². The molecule has 0 saturated heterocycles. The second-order valence-electron chi connectivity index (χ2n) is 4.95. The van der Waals surface area contributed by atoms with Crippen LogP contribution in [0.4, 0.5) is 0 Å². The van der Waals surface area contributed by atoms with E-state index in [1.807, 2.05) is 4.68 Å². The highest BCUT2D eigenvalue weighted by atomic mass is 79.9. The van der Waals surface area contributed by atoms with Gasteiger partial charge in [0.15, 0.2) is 0 Å². The Bertz CT molecular complexity index is 410. The molecule has 1 aromatic heterocycles. The van der Waals surface area contributed by atoms with E-state index in [1.54, 1.807) is 13.3 Å². The number of aliphatic hydroxyl groups is 1. The van der Waals surface area contributed by atoms with E-state index in [-0.39, 0.29) is 6.04 Å². The van der Waals surface area contributed by atoms with Gasteiger partial charge in [-0.25, -0.2) is 0 Å². The van der Waals surface area contributed by atoms with Crippen molar-refractivity contribution in [2.45, 2.75) is 43.9 Å². The quantitative estimate of drug-likeness (QED) is 0.880. The maximum atomic E-state index is 10.9. The molecule has 0 amide bonds. The number of ether oxygens (including phenoxy) is 1. The van der Waals surface area contributed by atoms with Crippen LogP contribution in [0.1, 0.15) is 31.4 Å². The minimum atomic E-state index is -0.874. The van der Waals surface area contributed by atoms with Gasteiger partial charge in [-0.1, -0.05) is 0 Å². The molecule has 1 fully saturated rings. The van der Waals surface area contributed by atoms with Crippen molar-refractivity contribution in [1.82, 2.24) is 9.78 Å². The lowest BCUT2D eigenvalue weighted by molar-refractivity contribution is -0.0165. The predicted octanol–water partition coefficient (Wildman–Crippen LogP) is 1.38. The van der Waals surface area contributed by atoms with E-state index in [2.05, 4.69) is 21.0 Å². The zero-order chi connectivity index (χ0) is 13.2. The van der Waals surface area contributed by atoms with Crippen LogP contribution >= 0.6 is 15.9 Å². The molecule has 1 aliphatic carbocycles. The third-order valence-electron chi connectivity index (χ3n) is 3.51. The van der Waals surface area contributed by atoms with Gasteiger partial charge in [0.1, 0.15) is 5.60 Å². The topological polar surface area (TPSA) is 73.3 Å². The first-order chi connectivity index (χ1) is 8.57. The van der Waals surface area contributed by atoms with Crippen molar-refractivity contribution in [1.29, 1.82) is 0 Å². The van der Waals surface area contributed by atoms with E-state index < -0.39 is 5.60 Å². The molecule has 2 atom stereocenters. The van der Waals surface area contributed by atoms with E-state index in [0.29, 0.717) is 19.6 Å². The molecule has 1 aromatic rings. The summed E-state index contributed by atoms with van der Waals surface area (Å²) >= 11 is 3.47. The minimum absolute atomic E-state index is 0.0569. The standard InChI is InChI=1S/C12H20BrN3O2/c1-18-6-5-16-11(10(13)8-15-16)12(17)4-2-3-9(14)7-12/h8-9,17H,2-7,14H2,1H3. The van der Waals surface area contributed by atoms with Crippen LogP contribution in [0.3, 0.4) is 0 Å². The number of methoxy groups -OCH3 is 1. The molecule has 3 N–H and O–H groups in total. The van der Waals surface area contributed by atoms with Crippen LogP contribution in [0.2, 0.25) is 0 Å². The summed E-state index contributed by atoms with van der Waals surface area (Å²) in [5, 5.41) is 15.1. The van der Waals surface area contributed by atoms with Crippen molar-refractivity contribution in [2.24, 2.45) is 5.73 Å². The second-order valence-corrected chi connectivity index (χ2v) is 5.80. The maximum absolute atomic E-state index is 10.9. The number of aromatic nitrogens is 2. The van der Waals surface area contributed by atoms with Crippen molar-refractivity contribution in [3.63, 3.8) is 0 Å². The molecule has 1 aliphatic rings. The van der Waals surface area contributed by atoms with Gasteiger partial charge in [-0.3, -0.25) is 4.68 Å². The van der Waals surface area contributed by atoms with Crippen LogP contribution in [-0.2, 0) is 16.9 Å². The summed E-state index contributed by atoms with van der Waals surface area (Å²) in [6, 6.07) is 0.0569. The van der Waals surface area contributed by atoms with Crippen LogP contribution < -0.4 is 5.73 Å². The Morgan fingerprint density at radius 2 is 2.50 bits per heavy atom. The average molecular weight is 318 g/mol. The molecule has 1 heterocycles. The number of halogens is 1. The summed E-state index contributed by atoms with van der Waals surface area (Å²) < 4.78 is 7.72. The predicted molar refractivity (Wildman–Crippen MR) is 72.1 cm³/mol. The lowest BCUT2D eigenvalue weighted by Gasteiger charge is -2.36. The molecule has 0 bridgehead atoms. The number of hydrogen-bond acceptors (Lipinski definition) is 4. The SMILES string of the molecule is COCCn1ncc(Br)c1C1(O)CCCC(N)C1. The number of nitrogens with zero attached hydrogens (tertiary/aromatic N) is 2. The Labute approximate surface area is 115 Å². The number of rotatable bonds is 4. The lowest BCUT2D eigenvalue weighted by Crippen LogP contribution is -2.41. The lowest BCUT2D eigenvalue weighted by atomic mass is 9.80. The Hall–Kier alpha value is -0.430. The zero-order valence-electron chi connectivity index (χ0n) is 10.6. The summed E-state index contributed by atoms with van der Waals surface area (Å²) in [6.45, 7) is 1.21. The average Bonchev–Trinajstić information content (AvgIpc) is 2.68. The van der Waals surface area contributed by atoms with Crippen molar-refractivity contribution in [3.05, 3.63) is 16.4 Å². The van der Waals surface area contributed by atoms with Gasteiger partial charge in [0, 0.05) is 13.2 Å². The number of hydrogen-bond donors (Lipinski definition) is 2. The molecule has 18 heavy (non-hydrogen) atoms. The first kappa shape index (κ1) is 14.0. The Kier molecular flexibility index (Phi) is 4.42. The van der Waals surface area contributed by atoms with Crippen molar-refractivity contribution in [2.75, 3.05) is 13.7 Å². The molecule has 0 aromatic carbocycles. The summed E-state index contributed by atoms with van der Waals surface area (Å²) in [5.74, 6) is 0. The third-order valence-corrected chi connectivity index (χ3v) is 4.09. The first-order valence-corrected chi connectivity index (χ1v) is 7.05. The molecule has 0 spiro atoms. The Morgan fingerprint density at radius 3 is 3.17 bits per heavy atom. The molecule has 0 aliphatic heterocycles. The highest BCUT2D eigenvalue weighted by Crippen LogP contribution is 2.39. The van der Waals surface area contributed by atoms with Gasteiger partial charge in [0.25, 0.3) is 0 Å². The van der Waals surface area contributed by atoms with E-state index in [0.717, 1.165) is 29.4 Å². The van der Waals surface area contributed by atoms with E-state index in [1.165, 1.54) is 0 Å². The summed E-state index contributed by atoms with van der Waals surface area (Å²) in [6.07, 6.45) is 4.97. The highest BCUT2D eigenvalue weighted by molar-refractivity contribution is 9.10. The zero-order valence-corrected chi connectivity index (χ0v) is 12.2. The molecule has 0 radical (unpaired) electrons. The van der Waals surface area contributed by atoms with E-state index in [4.69, 9.17) is 10.5 Å². The highest BCUT2D eigenvalue weighted by Gasteiger charge is 2.38. The second kappa shape index (κ2) is 5.69. The normalized spacial score (nSPS) is 28.6. The molecule has 2 rings (SSSR count). The molecular weight excluding hydrogens is 298 g/mol. The van der Waals surface area contributed by atoms with Gasteiger partial charge < -0.3 is 15.6 Å². The van der Waals surface area contributed by atoms with Gasteiger partial charge >= 0.3 is 0 Å². The van der Waals surface area contributed by atoms with Gasteiger partial charge in [0.2, 0.25) is 0 Å². The smallest absolute Gasteiger partial charge is 0.109 e. The molecule has 1 saturated carbocycles. The minimum Gasteiger partial charge on any atom is -0.383 e. The van der Waals surface area contributed by atoms with Crippen molar-refractivity contribution in [3.8, 4) is 0 Å². The Morgan fingerprint density at radius 1 is 1.72 bits per heavy atom. The molecule has 6 heteroatoms. The third kappa shape index (κ3) is 2.77. The van der Waals surface area contributed by atoms with Gasteiger partial charge in [-0.15, -0.1) is 0 Å². The fourth-order valence-electron chi connectivity index (χ4n) is 2.68. The van der Waals surface area contributed by atoms with Crippen LogP contribution in [0.5, 0.6) is 0 Å². The summed E-state index contributed by atoms with van der Waals surface area (Å²) in [4.78, 5) is 0. The summed E-state index contributed by atoms with van der Waals surface area (Å²) in [5.41, 5.74) is 5.94. The summed E-state index contributed by atoms with van der Waals surface area (Å²) in [7, 11) is 1.66. The van der Waals surface area contributed by atoms with Crippen LogP contribution in [0, 0.1) is 0 Å². The first-order valence-electron chi connectivity index (χ1n) is 6.25. The fraction of sp³-hybridized carbons (Fsp3) is 0.750. The van der Waals surface area contributed by atoms with Crippen LogP contribution in [-0.4, -0.2) is 34.6 Å². The monoisotopic (exact) mass is 317 g/mol. The fourth-order valence-corrected chi connectivity index (χ4v) is 3.35. The van der Waals surface area contributed by atoms with Crippen LogP contribution in [0.25, 0.3) is 0 Å². The van der Waals surface area contributed by atoms with E-state index in [9.17, 15) is 5.11 Å². The molecular formula is C12H20BrN3O2. The maximum Gasteiger partial charge on any atom is 0.109 e. The molecule has 5 nitrogen and oxygen atoms in total. The molecule has 2 unspecified atom stereocenters. The van der Waals surface area contributed by atoms with Gasteiger partial charge in [-0.2, -0.15) is 5.10 Å². The Balaban J connectivity index is 2.27. The van der Waals surface area contributed by atoms with Crippen molar-refractivity contribution < 1.29 is 9.84 Å². The van der Waals surface area contributed by atoms with Gasteiger partial charge in [0.05, 0.1) is 29.5 Å². The van der Waals surface area contributed by atoms with Crippen LogP contribution in [0.15, 0.2) is 10.7 Å². The van der Waals surface area contributed by atoms with Gasteiger partial charge in [-0.05, 0) is 41.6 Å². The molecule has 102 valence electrons. The number of nitrogens with two attached hydrogens (primary N) is 1. The largest absolute Gasteiger partial charge is 0.383 e. The van der Waals surface area contributed by atoms with E-state index >= 15 is 0 Å².